The van der Waals surface area contributed by atoms with Gasteiger partial charge in [0.25, 0.3) is 0 Å². The number of hydrogen-bond donors (Lipinski definition) is 3. The third-order valence-electron chi connectivity index (χ3n) is 11.5. The summed E-state index contributed by atoms with van der Waals surface area (Å²) < 4.78 is 0. The second-order valence-electron chi connectivity index (χ2n) is 16.3. The van der Waals surface area contributed by atoms with Crippen LogP contribution in [-0.4, -0.2) is 14.7 Å². The van der Waals surface area contributed by atoms with Gasteiger partial charge in [0.2, 0.25) is 0 Å². The van der Waals surface area contributed by atoms with Crippen molar-refractivity contribution in [2.24, 2.45) is 0 Å². The number of unbranched alkanes of at least 4 members (excludes halogenated alkanes) is 24. The first-order chi connectivity index (χ1) is 25.3. The van der Waals surface area contributed by atoms with E-state index < -0.39 is 7.28 Å². The first-order valence-corrected chi connectivity index (χ1v) is 24.9. The molecule has 0 aliphatic rings. The minimum absolute atomic E-state index is 0.409. The molecule has 3 nitrogen and oxygen atoms in total. The quantitative estimate of drug-likeness (QED) is 0.0494. The van der Waals surface area contributed by atoms with Gasteiger partial charge in [-0.2, -0.15) is 0 Å². The van der Waals surface area contributed by atoms with Crippen molar-refractivity contribution in [2.75, 3.05) is 0 Å². The molecular weight excluding hydrogens is 655 g/mol. The van der Waals surface area contributed by atoms with Gasteiger partial charge in [0.05, 0.1) is 0 Å². The fourth-order valence-electron chi connectivity index (χ4n) is 8.25. The van der Waals surface area contributed by atoms with Crippen LogP contribution < -0.4 is 10.6 Å². The van der Waals surface area contributed by atoms with Crippen LogP contribution in [0.15, 0.2) is 36.4 Å². The molecule has 0 unspecified atom stereocenters. The zero-order valence-corrected chi connectivity index (χ0v) is 35.8. The van der Waals surface area contributed by atoms with Gasteiger partial charge in [-0.25, -0.2) is 0 Å². The maximum absolute atomic E-state index is 12.6. The van der Waals surface area contributed by atoms with E-state index in [1.165, 1.54) is 152 Å². The summed E-state index contributed by atoms with van der Waals surface area (Å²) in [6.07, 6.45) is 38.1. The van der Waals surface area contributed by atoms with E-state index in [1.807, 2.05) is 24.3 Å². The standard InChI is InChI=1S/C48H85O3P/c1-5-9-13-17-21-25-29-35-43-37-33-41-47(45(43)39-31-27-23-19-15-11-7-3)52(49,50,51)48-42-34-38-44(36-30-26-22-18-14-10-6-2)46(48)40-32-28-24-20-16-12-8-4/h33-34,37-38,41-42,49-51H,5-32,35-36,39-40H2,1-4H3. The molecule has 300 valence electrons. The van der Waals surface area contributed by atoms with Crippen LogP contribution in [0.25, 0.3) is 0 Å². The predicted molar refractivity (Wildman–Crippen MR) is 233 cm³/mol. The Balaban J connectivity index is 2.40. The van der Waals surface area contributed by atoms with E-state index in [0.29, 0.717) is 10.6 Å². The molecule has 52 heavy (non-hydrogen) atoms. The monoisotopic (exact) mass is 741 g/mol. The molecule has 2 aromatic carbocycles. The van der Waals surface area contributed by atoms with E-state index in [4.69, 9.17) is 0 Å². The van der Waals surface area contributed by atoms with Gasteiger partial charge >= 0.3 is 324 Å². The molecular formula is C48H85O3P. The van der Waals surface area contributed by atoms with Crippen molar-refractivity contribution < 1.29 is 14.7 Å². The van der Waals surface area contributed by atoms with Gasteiger partial charge in [0.15, 0.2) is 0 Å². The zero-order valence-electron chi connectivity index (χ0n) is 34.9. The van der Waals surface area contributed by atoms with Crippen LogP contribution in [0.2, 0.25) is 0 Å². The summed E-state index contributed by atoms with van der Waals surface area (Å²) in [7, 11) is -5.43. The number of benzene rings is 2. The molecule has 0 saturated carbocycles. The first-order valence-electron chi connectivity index (χ1n) is 22.8. The summed E-state index contributed by atoms with van der Waals surface area (Å²) in [6.45, 7) is 9.06. The molecule has 4 heteroatoms. The summed E-state index contributed by atoms with van der Waals surface area (Å²) in [5.41, 5.74) is 4.42. The van der Waals surface area contributed by atoms with Crippen molar-refractivity contribution in [3.05, 3.63) is 58.7 Å². The second-order valence-corrected chi connectivity index (χ2v) is 19.2. The summed E-state index contributed by atoms with van der Waals surface area (Å²) in [4.78, 5) is 37.7. The Labute approximate surface area is 323 Å². The molecule has 0 fully saturated rings. The third-order valence-corrected chi connectivity index (χ3v) is 14.2. The van der Waals surface area contributed by atoms with Gasteiger partial charge in [0, 0.05) is 0 Å². The molecule has 0 aromatic heterocycles. The first kappa shape index (κ1) is 46.9. The molecule has 2 rings (SSSR count). The van der Waals surface area contributed by atoms with E-state index in [2.05, 4.69) is 39.8 Å². The summed E-state index contributed by atoms with van der Waals surface area (Å²) in [6, 6.07) is 12.0. The molecule has 0 aliphatic carbocycles. The zero-order chi connectivity index (χ0) is 37.8. The molecule has 0 aliphatic heterocycles. The van der Waals surface area contributed by atoms with Crippen LogP contribution in [0.4, 0.5) is 0 Å². The molecule has 0 spiro atoms. The van der Waals surface area contributed by atoms with E-state index in [0.717, 1.165) is 75.3 Å². The summed E-state index contributed by atoms with van der Waals surface area (Å²) in [5.74, 6) is 0. The Hall–Kier alpha value is -1.25. The van der Waals surface area contributed by atoms with Gasteiger partial charge in [0.1, 0.15) is 0 Å². The Morgan fingerprint density at radius 3 is 0.865 bits per heavy atom. The number of hydrogen-bond acceptors (Lipinski definition) is 3. The Kier molecular flexibility index (Phi) is 25.4. The minimum atomic E-state index is -5.43. The van der Waals surface area contributed by atoms with Crippen LogP contribution >= 0.6 is 7.28 Å². The fourth-order valence-corrected chi connectivity index (χ4v) is 10.7. The van der Waals surface area contributed by atoms with E-state index in [1.54, 1.807) is 0 Å². The molecule has 2 aromatic rings. The fraction of sp³-hybridized carbons (Fsp3) is 0.750. The van der Waals surface area contributed by atoms with E-state index in [-0.39, 0.29) is 0 Å². The molecule has 3 N–H and O–H groups in total. The summed E-state index contributed by atoms with van der Waals surface area (Å²) in [5, 5.41) is 0.817. The Morgan fingerprint density at radius 2 is 0.577 bits per heavy atom. The van der Waals surface area contributed by atoms with Gasteiger partial charge < -0.3 is 0 Å². The molecule has 0 heterocycles. The molecule has 0 saturated heterocycles. The van der Waals surface area contributed by atoms with Crippen LogP contribution in [-0.2, 0) is 25.7 Å². The Morgan fingerprint density at radius 1 is 0.327 bits per heavy atom. The van der Waals surface area contributed by atoms with Crippen molar-refractivity contribution in [2.45, 2.75) is 233 Å². The van der Waals surface area contributed by atoms with Crippen LogP contribution in [0.1, 0.15) is 230 Å². The van der Waals surface area contributed by atoms with Crippen molar-refractivity contribution in [3.63, 3.8) is 0 Å². The predicted octanol–water partition coefficient (Wildman–Crippen LogP) is 14.1. The molecule has 0 amide bonds. The molecule has 0 atom stereocenters. The van der Waals surface area contributed by atoms with Gasteiger partial charge in [-0.05, 0) is 0 Å². The molecule has 0 radical (unpaired) electrons. The number of rotatable bonds is 34. The van der Waals surface area contributed by atoms with E-state index >= 15 is 0 Å². The van der Waals surface area contributed by atoms with Crippen molar-refractivity contribution in [1.82, 2.24) is 0 Å². The third kappa shape index (κ3) is 17.9. The van der Waals surface area contributed by atoms with E-state index in [9.17, 15) is 14.7 Å². The summed E-state index contributed by atoms with van der Waals surface area (Å²) >= 11 is 0. The second kappa shape index (κ2) is 28.2. The van der Waals surface area contributed by atoms with Gasteiger partial charge in [-0.15, -0.1) is 0 Å². The van der Waals surface area contributed by atoms with Crippen molar-refractivity contribution in [1.29, 1.82) is 0 Å². The number of aryl methyl sites for hydroxylation is 2. The van der Waals surface area contributed by atoms with Crippen molar-refractivity contribution in [3.8, 4) is 0 Å². The average molecular weight is 741 g/mol. The Bertz CT molecular complexity index is 1080. The van der Waals surface area contributed by atoms with Crippen molar-refractivity contribution >= 4 is 17.9 Å². The van der Waals surface area contributed by atoms with Gasteiger partial charge in [-0.1, -0.05) is 0 Å². The normalized spacial score (nSPS) is 12.7. The molecule has 0 bridgehead atoms. The maximum atomic E-state index is 12.6. The topological polar surface area (TPSA) is 60.7 Å². The van der Waals surface area contributed by atoms with Crippen LogP contribution in [0.5, 0.6) is 0 Å². The van der Waals surface area contributed by atoms with Gasteiger partial charge in [-0.3, -0.25) is 0 Å². The van der Waals surface area contributed by atoms with Crippen LogP contribution in [0, 0.1) is 0 Å². The SMILES string of the molecule is CCCCCCCCCc1cccc(P(O)(O)(O)c2cccc(CCCCCCCCC)c2CCCCCCCCC)c1CCCCCCCCC. The average Bonchev–Trinajstić information content (AvgIpc) is 3.13. The van der Waals surface area contributed by atoms with Crippen LogP contribution in [0.3, 0.4) is 0 Å².